The van der Waals surface area contributed by atoms with Crippen LogP contribution in [0.2, 0.25) is 0 Å². The van der Waals surface area contributed by atoms with Crippen LogP contribution in [0.5, 0.6) is 5.75 Å². The zero-order valence-corrected chi connectivity index (χ0v) is 8.65. The zero-order chi connectivity index (χ0) is 13.3. The molecule has 1 aromatic rings. The first-order valence-corrected chi connectivity index (χ1v) is 4.72. The van der Waals surface area contributed by atoms with Crippen LogP contribution < -0.4 is 10.1 Å². The molecule has 1 atom stereocenters. The molecule has 96 valence electrons. The SMILES string of the molecule is O=C1NC(=O)C(c2cccc(OC(F)(F)F)c2)O1. The molecule has 0 bridgehead atoms. The number of nitrogens with one attached hydrogen (secondary N) is 1. The Kier molecular flexibility index (Phi) is 2.85. The zero-order valence-electron chi connectivity index (χ0n) is 8.65. The van der Waals surface area contributed by atoms with E-state index in [1.54, 1.807) is 0 Å². The molecule has 18 heavy (non-hydrogen) atoms. The second kappa shape index (κ2) is 4.21. The van der Waals surface area contributed by atoms with Gasteiger partial charge in [0.2, 0.25) is 6.10 Å². The van der Waals surface area contributed by atoms with Crippen molar-refractivity contribution >= 4 is 12.0 Å². The van der Waals surface area contributed by atoms with Gasteiger partial charge in [-0.15, -0.1) is 13.2 Å². The first kappa shape index (κ1) is 12.2. The third kappa shape index (κ3) is 2.70. The molecule has 1 aliphatic rings. The normalized spacial score (nSPS) is 19.4. The largest absolute Gasteiger partial charge is 0.573 e. The standard InChI is InChI=1S/C10H6F3NO4/c11-10(12,13)18-6-3-1-2-5(4-6)7-8(15)14-9(16)17-7/h1-4,7H,(H,14,15,16). The van der Waals surface area contributed by atoms with Crippen molar-refractivity contribution < 1.29 is 32.2 Å². The maximum absolute atomic E-state index is 12.0. The monoisotopic (exact) mass is 261 g/mol. The number of cyclic esters (lactones) is 1. The summed E-state index contributed by atoms with van der Waals surface area (Å²) in [7, 11) is 0. The van der Waals surface area contributed by atoms with E-state index < -0.39 is 30.2 Å². The molecule has 1 N–H and O–H groups in total. The fourth-order valence-electron chi connectivity index (χ4n) is 1.45. The molecule has 0 radical (unpaired) electrons. The Balaban J connectivity index is 2.22. The summed E-state index contributed by atoms with van der Waals surface area (Å²) in [6, 6.07) is 4.67. The fourth-order valence-corrected chi connectivity index (χ4v) is 1.45. The number of carbonyl (C=O) groups excluding carboxylic acids is 2. The van der Waals surface area contributed by atoms with Crippen molar-refractivity contribution in [3.05, 3.63) is 29.8 Å². The second-order valence-electron chi connectivity index (χ2n) is 3.39. The van der Waals surface area contributed by atoms with Crippen LogP contribution >= 0.6 is 0 Å². The van der Waals surface area contributed by atoms with E-state index in [1.165, 1.54) is 12.1 Å². The minimum Gasteiger partial charge on any atom is -0.431 e. The van der Waals surface area contributed by atoms with Gasteiger partial charge < -0.3 is 9.47 Å². The minimum atomic E-state index is -4.83. The molecule has 0 aliphatic carbocycles. The quantitative estimate of drug-likeness (QED) is 0.882. The lowest BCUT2D eigenvalue weighted by molar-refractivity contribution is -0.274. The van der Waals surface area contributed by atoms with Crippen LogP contribution in [0.1, 0.15) is 11.7 Å². The number of hydrogen-bond donors (Lipinski definition) is 1. The fraction of sp³-hybridized carbons (Fsp3) is 0.200. The number of amides is 2. The smallest absolute Gasteiger partial charge is 0.431 e. The molecule has 2 rings (SSSR count). The van der Waals surface area contributed by atoms with Gasteiger partial charge in [-0.25, -0.2) is 4.79 Å². The Morgan fingerprint density at radius 1 is 1.28 bits per heavy atom. The maximum atomic E-state index is 12.0. The lowest BCUT2D eigenvalue weighted by Crippen LogP contribution is -2.20. The highest BCUT2D eigenvalue weighted by atomic mass is 19.4. The van der Waals surface area contributed by atoms with E-state index >= 15 is 0 Å². The van der Waals surface area contributed by atoms with Gasteiger partial charge in [-0.3, -0.25) is 10.1 Å². The van der Waals surface area contributed by atoms with Gasteiger partial charge in [-0.2, -0.15) is 0 Å². The van der Waals surface area contributed by atoms with Gasteiger partial charge in [-0.1, -0.05) is 12.1 Å². The van der Waals surface area contributed by atoms with Gasteiger partial charge in [0.15, 0.2) is 0 Å². The molecule has 0 spiro atoms. The van der Waals surface area contributed by atoms with Crippen molar-refractivity contribution in [2.24, 2.45) is 0 Å². The topological polar surface area (TPSA) is 64.6 Å². The summed E-state index contributed by atoms with van der Waals surface area (Å²) in [5, 5.41) is 1.87. The summed E-state index contributed by atoms with van der Waals surface area (Å²) in [4.78, 5) is 22.0. The molecular formula is C10H6F3NO4. The number of benzene rings is 1. The number of imide groups is 1. The van der Waals surface area contributed by atoms with Crippen LogP contribution in [-0.4, -0.2) is 18.4 Å². The summed E-state index contributed by atoms with van der Waals surface area (Å²) in [5.41, 5.74) is 0.0973. The summed E-state index contributed by atoms with van der Waals surface area (Å²) in [6.45, 7) is 0. The maximum Gasteiger partial charge on any atom is 0.573 e. The Morgan fingerprint density at radius 2 is 2.00 bits per heavy atom. The number of alkyl halides is 3. The highest BCUT2D eigenvalue weighted by Crippen LogP contribution is 2.28. The summed E-state index contributed by atoms with van der Waals surface area (Å²) >= 11 is 0. The molecule has 2 amide bonds. The molecule has 0 saturated carbocycles. The summed E-state index contributed by atoms with van der Waals surface area (Å²) in [5.74, 6) is -1.22. The van der Waals surface area contributed by atoms with Gasteiger partial charge in [-0.05, 0) is 12.1 Å². The van der Waals surface area contributed by atoms with E-state index in [0.29, 0.717) is 0 Å². The Morgan fingerprint density at radius 3 is 2.56 bits per heavy atom. The number of alkyl carbamates (subject to hydrolysis) is 1. The molecule has 1 fully saturated rings. The average Bonchev–Trinajstić information content (AvgIpc) is 2.55. The van der Waals surface area contributed by atoms with Gasteiger partial charge in [0.25, 0.3) is 5.91 Å². The molecule has 1 aromatic carbocycles. The Hall–Kier alpha value is -2.25. The molecule has 5 nitrogen and oxygen atoms in total. The van der Waals surface area contributed by atoms with Crippen LogP contribution in [0.15, 0.2) is 24.3 Å². The van der Waals surface area contributed by atoms with Crippen LogP contribution in [0, 0.1) is 0 Å². The van der Waals surface area contributed by atoms with E-state index in [-0.39, 0.29) is 5.56 Å². The molecule has 0 aromatic heterocycles. The van der Waals surface area contributed by atoms with E-state index in [4.69, 9.17) is 0 Å². The summed E-state index contributed by atoms with van der Waals surface area (Å²) < 4.78 is 44.3. The molecule has 1 saturated heterocycles. The van der Waals surface area contributed by atoms with E-state index in [1.807, 2.05) is 5.32 Å². The van der Waals surface area contributed by atoms with Crippen molar-refractivity contribution in [3.63, 3.8) is 0 Å². The number of halogens is 3. The molecule has 1 heterocycles. The minimum absolute atomic E-state index is 0.0973. The van der Waals surface area contributed by atoms with Crippen LogP contribution in [0.25, 0.3) is 0 Å². The van der Waals surface area contributed by atoms with Crippen molar-refractivity contribution in [3.8, 4) is 5.75 Å². The van der Waals surface area contributed by atoms with E-state index in [9.17, 15) is 22.8 Å². The molecule has 1 unspecified atom stereocenters. The number of carbonyl (C=O) groups is 2. The predicted molar refractivity (Wildman–Crippen MR) is 50.5 cm³/mol. The lowest BCUT2D eigenvalue weighted by Gasteiger charge is -2.11. The highest BCUT2D eigenvalue weighted by molar-refractivity contribution is 6.00. The number of hydrogen-bond acceptors (Lipinski definition) is 4. The van der Waals surface area contributed by atoms with Gasteiger partial charge >= 0.3 is 12.5 Å². The van der Waals surface area contributed by atoms with Crippen molar-refractivity contribution in [2.75, 3.05) is 0 Å². The van der Waals surface area contributed by atoms with Gasteiger partial charge in [0, 0.05) is 5.56 Å². The van der Waals surface area contributed by atoms with E-state index in [2.05, 4.69) is 9.47 Å². The number of ether oxygens (including phenoxy) is 2. The van der Waals surface area contributed by atoms with Gasteiger partial charge in [0.05, 0.1) is 0 Å². The van der Waals surface area contributed by atoms with Crippen LogP contribution in [-0.2, 0) is 9.53 Å². The number of rotatable bonds is 2. The third-order valence-corrected chi connectivity index (χ3v) is 2.08. The van der Waals surface area contributed by atoms with Crippen molar-refractivity contribution in [2.45, 2.75) is 12.5 Å². The van der Waals surface area contributed by atoms with E-state index in [0.717, 1.165) is 12.1 Å². The lowest BCUT2D eigenvalue weighted by atomic mass is 10.1. The Labute approximate surface area is 98.5 Å². The van der Waals surface area contributed by atoms with Crippen LogP contribution in [0.3, 0.4) is 0 Å². The van der Waals surface area contributed by atoms with Gasteiger partial charge in [0.1, 0.15) is 5.75 Å². The average molecular weight is 261 g/mol. The first-order chi connectivity index (χ1) is 8.35. The van der Waals surface area contributed by atoms with Crippen molar-refractivity contribution in [1.29, 1.82) is 0 Å². The third-order valence-electron chi connectivity index (χ3n) is 2.08. The first-order valence-electron chi connectivity index (χ1n) is 4.72. The Bertz CT molecular complexity index is 500. The predicted octanol–water partition coefficient (Wildman–Crippen LogP) is 1.89. The summed E-state index contributed by atoms with van der Waals surface area (Å²) in [6.07, 6.45) is -7.02. The molecular weight excluding hydrogens is 255 g/mol. The highest BCUT2D eigenvalue weighted by Gasteiger charge is 2.35. The molecule has 8 heteroatoms. The van der Waals surface area contributed by atoms with Crippen LogP contribution in [0.4, 0.5) is 18.0 Å². The molecule has 1 aliphatic heterocycles. The van der Waals surface area contributed by atoms with Crippen molar-refractivity contribution in [1.82, 2.24) is 5.32 Å². The second-order valence-corrected chi connectivity index (χ2v) is 3.39.